The summed E-state index contributed by atoms with van der Waals surface area (Å²) in [6.45, 7) is 2.16. The summed E-state index contributed by atoms with van der Waals surface area (Å²) in [4.78, 5) is 24.0. The van der Waals surface area contributed by atoms with Crippen molar-refractivity contribution >= 4 is 27.8 Å². The maximum Gasteiger partial charge on any atom is 0.338 e. The van der Waals surface area contributed by atoms with Gasteiger partial charge in [-0.2, -0.15) is 17.0 Å². The molecule has 0 radical (unpaired) electrons. The number of nitrogens with zero attached hydrogens (tertiary/aromatic N) is 2. The molecule has 160 valence electrons. The Bertz CT molecular complexity index is 1010. The average Bonchev–Trinajstić information content (AvgIpc) is 2.98. The maximum absolute atomic E-state index is 13.0. The third-order valence-corrected chi connectivity index (χ3v) is 6.45. The van der Waals surface area contributed by atoms with Crippen LogP contribution in [0.1, 0.15) is 22.8 Å². The average molecular weight is 435 g/mol. The first-order valence-electron chi connectivity index (χ1n) is 9.36. The predicted octanol–water partition coefficient (Wildman–Crippen LogP) is 2.00. The molecule has 1 saturated heterocycles. The Balaban J connectivity index is 1.57. The van der Waals surface area contributed by atoms with E-state index in [1.54, 1.807) is 19.1 Å². The molecule has 1 heterocycles. The van der Waals surface area contributed by atoms with Crippen LogP contribution in [0, 0.1) is 5.82 Å². The van der Waals surface area contributed by atoms with Crippen molar-refractivity contribution in [3.05, 3.63) is 65.5 Å². The number of anilines is 1. The molecule has 0 spiro atoms. The largest absolute Gasteiger partial charge is 0.462 e. The maximum atomic E-state index is 13.0. The third kappa shape index (κ3) is 5.21. The van der Waals surface area contributed by atoms with Crippen LogP contribution in [-0.4, -0.2) is 55.1 Å². The molecule has 0 unspecified atom stereocenters. The molecule has 0 aromatic heterocycles. The molecule has 10 heteroatoms. The van der Waals surface area contributed by atoms with Crippen LogP contribution in [0.25, 0.3) is 0 Å². The van der Waals surface area contributed by atoms with Gasteiger partial charge in [-0.05, 0) is 48.9 Å². The molecule has 0 bridgehead atoms. The first-order chi connectivity index (χ1) is 14.3. The normalized spacial score (nSPS) is 16.3. The summed E-state index contributed by atoms with van der Waals surface area (Å²) in [5, 5.41) is 2.62. The second-order valence-corrected chi connectivity index (χ2v) is 8.58. The smallest absolute Gasteiger partial charge is 0.338 e. The van der Waals surface area contributed by atoms with E-state index in [4.69, 9.17) is 4.74 Å². The van der Waals surface area contributed by atoms with Crippen LogP contribution in [-0.2, 0) is 26.3 Å². The minimum Gasteiger partial charge on any atom is -0.462 e. The van der Waals surface area contributed by atoms with Gasteiger partial charge in [0.05, 0.1) is 18.7 Å². The Morgan fingerprint density at radius 3 is 2.30 bits per heavy atom. The highest BCUT2D eigenvalue weighted by Gasteiger charge is 2.37. The van der Waals surface area contributed by atoms with Crippen LogP contribution in [0.3, 0.4) is 0 Å². The Morgan fingerprint density at radius 1 is 1.03 bits per heavy atom. The SMILES string of the molecule is CCOC(=O)c1ccc(NC(=O)CN2CCN(Cc3ccc(F)cc3)S2(=O)=O)cc1. The van der Waals surface area contributed by atoms with E-state index >= 15 is 0 Å². The van der Waals surface area contributed by atoms with Crippen LogP contribution < -0.4 is 5.32 Å². The number of halogens is 1. The van der Waals surface area contributed by atoms with Crippen LogP contribution in [0.4, 0.5) is 10.1 Å². The molecule has 2 aromatic rings. The predicted molar refractivity (Wildman–Crippen MR) is 108 cm³/mol. The van der Waals surface area contributed by atoms with Crippen molar-refractivity contribution in [1.82, 2.24) is 8.61 Å². The highest BCUT2D eigenvalue weighted by molar-refractivity contribution is 7.87. The number of amides is 1. The van der Waals surface area contributed by atoms with Crippen molar-refractivity contribution in [2.24, 2.45) is 0 Å². The minimum absolute atomic E-state index is 0.107. The summed E-state index contributed by atoms with van der Waals surface area (Å²) in [5.74, 6) is -1.34. The lowest BCUT2D eigenvalue weighted by atomic mass is 10.2. The Morgan fingerprint density at radius 2 is 1.67 bits per heavy atom. The van der Waals surface area contributed by atoms with E-state index < -0.39 is 27.9 Å². The van der Waals surface area contributed by atoms with E-state index in [2.05, 4.69) is 5.32 Å². The van der Waals surface area contributed by atoms with Crippen LogP contribution >= 0.6 is 0 Å². The van der Waals surface area contributed by atoms with Gasteiger partial charge in [0.25, 0.3) is 10.2 Å². The van der Waals surface area contributed by atoms with Gasteiger partial charge in [-0.15, -0.1) is 0 Å². The zero-order valence-corrected chi connectivity index (χ0v) is 17.2. The lowest BCUT2D eigenvalue weighted by Gasteiger charge is -2.18. The summed E-state index contributed by atoms with van der Waals surface area (Å²) in [7, 11) is -3.80. The lowest BCUT2D eigenvalue weighted by molar-refractivity contribution is -0.116. The standard InChI is InChI=1S/C20H22FN3O5S/c1-2-29-20(26)16-5-9-18(10-6-16)22-19(25)14-24-12-11-23(30(24,27)28)13-15-3-7-17(21)8-4-15/h3-10H,2,11-14H2,1H3,(H,22,25). The van der Waals surface area contributed by atoms with Gasteiger partial charge in [-0.1, -0.05) is 12.1 Å². The number of hydrogen-bond acceptors (Lipinski definition) is 5. The van der Waals surface area contributed by atoms with E-state index in [-0.39, 0.29) is 32.8 Å². The van der Waals surface area contributed by atoms with Crippen LogP contribution in [0.15, 0.2) is 48.5 Å². The molecule has 1 aliphatic rings. The van der Waals surface area contributed by atoms with Gasteiger partial charge in [0.2, 0.25) is 5.91 Å². The summed E-state index contributed by atoms with van der Waals surface area (Å²) in [5.41, 5.74) is 1.45. The van der Waals surface area contributed by atoms with Gasteiger partial charge in [-0.25, -0.2) is 9.18 Å². The zero-order chi connectivity index (χ0) is 21.7. The van der Waals surface area contributed by atoms with Crippen LogP contribution in [0.2, 0.25) is 0 Å². The Labute approximate surface area is 174 Å². The Kier molecular flexibility index (Phi) is 6.80. The number of ether oxygens (including phenoxy) is 1. The van der Waals surface area contributed by atoms with E-state index in [1.165, 1.54) is 40.7 Å². The highest BCUT2D eigenvalue weighted by atomic mass is 32.2. The first kappa shape index (κ1) is 21.9. The summed E-state index contributed by atoms with van der Waals surface area (Å²) in [6, 6.07) is 11.7. The van der Waals surface area contributed by atoms with E-state index in [0.717, 1.165) is 4.31 Å². The van der Waals surface area contributed by atoms with Crippen molar-refractivity contribution in [1.29, 1.82) is 0 Å². The molecule has 30 heavy (non-hydrogen) atoms. The summed E-state index contributed by atoms with van der Waals surface area (Å²) < 4.78 is 45.6. The fourth-order valence-corrected chi connectivity index (χ4v) is 4.54. The molecule has 1 amide bonds. The molecule has 1 N–H and O–H groups in total. The number of benzene rings is 2. The van der Waals surface area contributed by atoms with E-state index in [1.807, 2.05) is 0 Å². The van der Waals surface area contributed by atoms with Crippen molar-refractivity contribution in [3.63, 3.8) is 0 Å². The quantitative estimate of drug-likeness (QED) is 0.671. The highest BCUT2D eigenvalue weighted by Crippen LogP contribution is 2.20. The molecule has 0 aliphatic carbocycles. The molecule has 8 nitrogen and oxygen atoms in total. The second kappa shape index (κ2) is 9.33. The van der Waals surface area contributed by atoms with Crippen molar-refractivity contribution in [3.8, 4) is 0 Å². The number of hydrogen-bond donors (Lipinski definition) is 1. The number of carbonyl (C=O) groups excluding carboxylic acids is 2. The molecular formula is C20H22FN3O5S. The monoisotopic (exact) mass is 435 g/mol. The number of nitrogens with one attached hydrogen (secondary N) is 1. The van der Waals surface area contributed by atoms with E-state index in [0.29, 0.717) is 16.8 Å². The molecule has 2 aromatic carbocycles. The third-order valence-electron chi connectivity index (χ3n) is 4.52. The Hall–Kier alpha value is -2.82. The van der Waals surface area contributed by atoms with Gasteiger partial charge in [0.1, 0.15) is 5.82 Å². The van der Waals surface area contributed by atoms with Crippen molar-refractivity contribution in [2.75, 3.05) is 31.6 Å². The lowest BCUT2D eigenvalue weighted by Crippen LogP contribution is -2.37. The van der Waals surface area contributed by atoms with Crippen molar-refractivity contribution < 1.29 is 27.1 Å². The molecule has 3 rings (SSSR count). The van der Waals surface area contributed by atoms with Gasteiger partial charge < -0.3 is 10.1 Å². The minimum atomic E-state index is -3.80. The molecule has 0 saturated carbocycles. The van der Waals surface area contributed by atoms with Gasteiger partial charge in [0.15, 0.2) is 0 Å². The van der Waals surface area contributed by atoms with Crippen molar-refractivity contribution in [2.45, 2.75) is 13.5 Å². The van der Waals surface area contributed by atoms with Gasteiger partial charge in [-0.3, -0.25) is 4.79 Å². The second-order valence-electron chi connectivity index (χ2n) is 6.65. The summed E-state index contributed by atoms with van der Waals surface area (Å²) in [6.07, 6.45) is 0. The first-order valence-corrected chi connectivity index (χ1v) is 10.8. The number of carbonyl (C=O) groups is 2. The molecule has 0 atom stereocenters. The fraction of sp³-hybridized carbons (Fsp3) is 0.300. The van der Waals surface area contributed by atoms with E-state index in [9.17, 15) is 22.4 Å². The number of rotatable bonds is 7. The van der Waals surface area contributed by atoms with Crippen LogP contribution in [0.5, 0.6) is 0 Å². The molecule has 1 aliphatic heterocycles. The molecule has 1 fully saturated rings. The molecular weight excluding hydrogens is 413 g/mol. The topological polar surface area (TPSA) is 96.0 Å². The number of esters is 1. The summed E-state index contributed by atoms with van der Waals surface area (Å²) >= 11 is 0. The fourth-order valence-electron chi connectivity index (χ4n) is 3.00. The zero-order valence-electron chi connectivity index (χ0n) is 16.4. The van der Waals surface area contributed by atoms with Gasteiger partial charge in [0, 0.05) is 25.3 Å². The van der Waals surface area contributed by atoms with Gasteiger partial charge >= 0.3 is 5.97 Å².